The molecule has 1 atom stereocenters. The van der Waals surface area contributed by atoms with Gasteiger partial charge in [0.05, 0.1) is 19.4 Å². The van der Waals surface area contributed by atoms with Gasteiger partial charge in [-0.05, 0) is 31.7 Å². The summed E-state index contributed by atoms with van der Waals surface area (Å²) in [6, 6.07) is 3.95. The Morgan fingerprint density at radius 2 is 2.42 bits per heavy atom. The molecule has 1 unspecified atom stereocenters. The van der Waals surface area contributed by atoms with Crippen molar-refractivity contribution >= 4 is 41.7 Å². The quantitative estimate of drug-likeness (QED) is 0.262. The van der Waals surface area contributed by atoms with Crippen molar-refractivity contribution in [3.05, 3.63) is 24.2 Å². The summed E-state index contributed by atoms with van der Waals surface area (Å²) in [7, 11) is 0. The van der Waals surface area contributed by atoms with Crippen molar-refractivity contribution in [2.24, 2.45) is 10.9 Å². The Balaban J connectivity index is 0.00000288. The molecule has 0 radical (unpaired) electrons. The van der Waals surface area contributed by atoms with Crippen LogP contribution >= 0.6 is 35.7 Å². The fraction of sp³-hybridized carbons (Fsp3) is 0.706. The Morgan fingerprint density at radius 3 is 3.12 bits per heavy atom. The van der Waals surface area contributed by atoms with E-state index in [1.54, 1.807) is 6.26 Å². The molecule has 1 aliphatic rings. The van der Waals surface area contributed by atoms with Crippen molar-refractivity contribution in [3.63, 3.8) is 0 Å². The van der Waals surface area contributed by atoms with Gasteiger partial charge in [-0.25, -0.2) is 0 Å². The van der Waals surface area contributed by atoms with Crippen LogP contribution in [0.25, 0.3) is 0 Å². The summed E-state index contributed by atoms with van der Waals surface area (Å²) in [5, 5.41) is 3.50. The number of likely N-dealkylation sites (tertiary alicyclic amines) is 1. The normalized spacial score (nSPS) is 17.8. The number of halogens is 1. The summed E-state index contributed by atoms with van der Waals surface area (Å²) in [6.45, 7) is 7.51. The van der Waals surface area contributed by atoms with Gasteiger partial charge in [-0.3, -0.25) is 4.99 Å². The van der Waals surface area contributed by atoms with Crippen LogP contribution in [-0.2, 0) is 11.2 Å². The molecule has 0 bridgehead atoms. The SMILES string of the molecule is CCOCC1CCN(C(=NCCSC)NCCc2ccco2)C1.I. The summed E-state index contributed by atoms with van der Waals surface area (Å²) in [6.07, 6.45) is 5.90. The standard InChI is InChI=1S/C17H29N3O2S.HI/c1-3-21-14-15-7-10-20(13-15)17(19-9-12-23-2)18-8-6-16-5-4-11-22-16;/h4-5,11,15H,3,6-10,12-14H2,1-2H3,(H,18,19);1H. The molecule has 1 aliphatic heterocycles. The van der Waals surface area contributed by atoms with Crippen molar-refractivity contribution in [2.45, 2.75) is 19.8 Å². The van der Waals surface area contributed by atoms with Crippen LogP contribution in [0.4, 0.5) is 0 Å². The van der Waals surface area contributed by atoms with Crippen LogP contribution in [-0.4, -0.2) is 62.3 Å². The molecule has 5 nitrogen and oxygen atoms in total. The van der Waals surface area contributed by atoms with Crippen molar-refractivity contribution in [3.8, 4) is 0 Å². The Hall–Kier alpha value is -0.410. The maximum Gasteiger partial charge on any atom is 0.193 e. The molecule has 7 heteroatoms. The van der Waals surface area contributed by atoms with Gasteiger partial charge in [-0.15, -0.1) is 24.0 Å². The molecule has 1 aromatic heterocycles. The number of guanidine groups is 1. The predicted octanol–water partition coefficient (Wildman–Crippen LogP) is 3.11. The molecule has 138 valence electrons. The largest absolute Gasteiger partial charge is 0.469 e. The molecule has 2 rings (SSSR count). The zero-order valence-corrected chi connectivity index (χ0v) is 17.8. The third-order valence-electron chi connectivity index (χ3n) is 3.93. The van der Waals surface area contributed by atoms with Gasteiger partial charge in [0, 0.05) is 44.3 Å². The van der Waals surface area contributed by atoms with E-state index in [0.717, 1.165) is 63.3 Å². The second-order valence-corrected chi connectivity index (χ2v) is 6.70. The zero-order valence-electron chi connectivity index (χ0n) is 14.7. The third-order valence-corrected chi connectivity index (χ3v) is 4.53. The summed E-state index contributed by atoms with van der Waals surface area (Å²) in [5.41, 5.74) is 0. The maximum absolute atomic E-state index is 5.57. The molecule has 0 spiro atoms. The van der Waals surface area contributed by atoms with Crippen LogP contribution in [0.2, 0.25) is 0 Å². The van der Waals surface area contributed by atoms with E-state index in [1.807, 2.05) is 23.9 Å². The van der Waals surface area contributed by atoms with Crippen LogP contribution < -0.4 is 5.32 Å². The van der Waals surface area contributed by atoms with E-state index in [2.05, 4.69) is 23.4 Å². The van der Waals surface area contributed by atoms with Crippen LogP contribution in [0, 0.1) is 5.92 Å². The van der Waals surface area contributed by atoms with Gasteiger partial charge in [0.2, 0.25) is 0 Å². The van der Waals surface area contributed by atoms with E-state index in [-0.39, 0.29) is 24.0 Å². The van der Waals surface area contributed by atoms with Gasteiger partial charge in [0.1, 0.15) is 5.76 Å². The highest BCUT2D eigenvalue weighted by Gasteiger charge is 2.24. The minimum Gasteiger partial charge on any atom is -0.469 e. The summed E-state index contributed by atoms with van der Waals surface area (Å²) in [4.78, 5) is 7.14. The van der Waals surface area contributed by atoms with Crippen LogP contribution in [0.15, 0.2) is 27.8 Å². The third kappa shape index (κ3) is 7.65. The van der Waals surface area contributed by atoms with Gasteiger partial charge >= 0.3 is 0 Å². The molecule has 1 N–H and O–H groups in total. The first-order chi connectivity index (χ1) is 11.3. The minimum atomic E-state index is 0. The zero-order chi connectivity index (χ0) is 16.3. The smallest absolute Gasteiger partial charge is 0.193 e. The van der Waals surface area contributed by atoms with Gasteiger partial charge in [-0.1, -0.05) is 0 Å². The van der Waals surface area contributed by atoms with Crippen LogP contribution in [0.1, 0.15) is 19.1 Å². The Labute approximate surface area is 167 Å². The second-order valence-electron chi connectivity index (χ2n) is 5.71. The molecule has 2 heterocycles. The van der Waals surface area contributed by atoms with Crippen molar-refractivity contribution in [2.75, 3.05) is 51.4 Å². The van der Waals surface area contributed by atoms with Crippen molar-refractivity contribution in [1.82, 2.24) is 10.2 Å². The Bertz CT molecular complexity index is 457. The monoisotopic (exact) mass is 467 g/mol. The molecule has 0 aliphatic carbocycles. The number of nitrogens with one attached hydrogen (secondary N) is 1. The molecule has 1 fully saturated rings. The van der Waals surface area contributed by atoms with Gasteiger partial charge in [0.25, 0.3) is 0 Å². The average molecular weight is 467 g/mol. The predicted molar refractivity (Wildman–Crippen MR) is 113 cm³/mol. The first kappa shape index (κ1) is 21.6. The van der Waals surface area contributed by atoms with E-state index < -0.39 is 0 Å². The van der Waals surface area contributed by atoms with Gasteiger partial charge in [-0.2, -0.15) is 11.8 Å². The van der Waals surface area contributed by atoms with Gasteiger partial charge < -0.3 is 19.4 Å². The lowest BCUT2D eigenvalue weighted by Gasteiger charge is -2.22. The number of thioether (sulfide) groups is 1. The summed E-state index contributed by atoms with van der Waals surface area (Å²) < 4.78 is 11.0. The van der Waals surface area contributed by atoms with Gasteiger partial charge in [0.15, 0.2) is 5.96 Å². The number of aliphatic imine (C=N–C) groups is 1. The first-order valence-electron chi connectivity index (χ1n) is 8.45. The molecule has 0 saturated carbocycles. The number of nitrogens with zero attached hydrogens (tertiary/aromatic N) is 2. The number of rotatable bonds is 9. The fourth-order valence-electron chi connectivity index (χ4n) is 2.71. The lowest BCUT2D eigenvalue weighted by atomic mass is 10.1. The number of ether oxygens (including phenoxy) is 1. The molecular weight excluding hydrogens is 437 g/mol. The highest BCUT2D eigenvalue weighted by molar-refractivity contribution is 14.0. The molecule has 0 amide bonds. The highest BCUT2D eigenvalue weighted by Crippen LogP contribution is 2.16. The Kier molecular flexibility index (Phi) is 11.6. The Morgan fingerprint density at radius 1 is 1.54 bits per heavy atom. The highest BCUT2D eigenvalue weighted by atomic mass is 127. The van der Waals surface area contributed by atoms with Crippen molar-refractivity contribution in [1.29, 1.82) is 0 Å². The first-order valence-corrected chi connectivity index (χ1v) is 9.85. The average Bonchev–Trinajstić information content (AvgIpc) is 3.23. The van der Waals surface area contributed by atoms with E-state index in [4.69, 9.17) is 14.1 Å². The van der Waals surface area contributed by atoms with E-state index in [1.165, 1.54) is 6.42 Å². The van der Waals surface area contributed by atoms with E-state index in [9.17, 15) is 0 Å². The lowest BCUT2D eigenvalue weighted by Crippen LogP contribution is -2.41. The maximum atomic E-state index is 5.57. The molecular formula is C17H30IN3O2S. The second kappa shape index (κ2) is 12.9. The summed E-state index contributed by atoms with van der Waals surface area (Å²) in [5.74, 6) is 3.72. The van der Waals surface area contributed by atoms with Crippen molar-refractivity contribution < 1.29 is 9.15 Å². The molecule has 0 aromatic carbocycles. The lowest BCUT2D eigenvalue weighted by molar-refractivity contribution is 0.114. The topological polar surface area (TPSA) is 50.0 Å². The summed E-state index contributed by atoms with van der Waals surface area (Å²) >= 11 is 1.83. The number of hydrogen-bond donors (Lipinski definition) is 1. The fourth-order valence-corrected chi connectivity index (χ4v) is 2.98. The van der Waals surface area contributed by atoms with E-state index in [0.29, 0.717) is 5.92 Å². The number of furan rings is 1. The molecule has 1 aromatic rings. The molecule has 24 heavy (non-hydrogen) atoms. The number of hydrogen-bond acceptors (Lipinski definition) is 4. The minimum absolute atomic E-state index is 0. The van der Waals surface area contributed by atoms with E-state index >= 15 is 0 Å². The van der Waals surface area contributed by atoms with Crippen LogP contribution in [0.3, 0.4) is 0 Å². The molecule has 1 saturated heterocycles. The van der Waals surface area contributed by atoms with Crippen LogP contribution in [0.5, 0.6) is 0 Å².